The molecule has 0 aliphatic rings. The van der Waals surface area contributed by atoms with Crippen molar-refractivity contribution in [3.8, 4) is 0 Å². The van der Waals surface area contributed by atoms with Crippen molar-refractivity contribution < 1.29 is 4.52 Å². The van der Waals surface area contributed by atoms with Crippen LogP contribution in [0.4, 0.5) is 0 Å². The minimum absolute atomic E-state index is 0.247. The molecule has 0 aliphatic heterocycles. The second-order valence-electron chi connectivity index (χ2n) is 5.22. The predicted molar refractivity (Wildman–Crippen MR) is 62.6 cm³/mol. The molecule has 0 rings (SSSR count). The van der Waals surface area contributed by atoms with Crippen LogP contribution in [0.5, 0.6) is 0 Å². The van der Waals surface area contributed by atoms with Crippen LogP contribution < -0.4 is 0 Å². The van der Waals surface area contributed by atoms with E-state index in [-0.39, 0.29) is 10.3 Å². The van der Waals surface area contributed by atoms with Crippen LogP contribution in [0.3, 0.4) is 0 Å². The zero-order valence-electron chi connectivity index (χ0n) is 9.85. The van der Waals surface area contributed by atoms with Crippen molar-refractivity contribution in [2.75, 3.05) is 6.61 Å². The Morgan fingerprint density at radius 2 is 1.46 bits per heavy atom. The van der Waals surface area contributed by atoms with Gasteiger partial charge in [-0.05, 0) is 0 Å². The Labute approximate surface area is 84.4 Å². The van der Waals surface area contributed by atoms with Crippen LogP contribution in [0.2, 0.25) is 0 Å². The fraction of sp³-hybridized carbons (Fsp3) is 0.818. The highest BCUT2D eigenvalue weighted by molar-refractivity contribution is 7.55. The molecule has 0 spiro atoms. The summed E-state index contributed by atoms with van der Waals surface area (Å²) in [4.78, 5) is 0. The lowest BCUT2D eigenvalue weighted by Gasteiger charge is -2.39. The van der Waals surface area contributed by atoms with Gasteiger partial charge < -0.3 is 4.52 Å². The van der Waals surface area contributed by atoms with E-state index in [1.54, 1.807) is 0 Å². The third kappa shape index (κ3) is 4.78. The fourth-order valence-electron chi connectivity index (χ4n) is 1.52. The number of rotatable bonds is 3. The van der Waals surface area contributed by atoms with Gasteiger partial charge in [0.15, 0.2) is 0 Å². The van der Waals surface area contributed by atoms with Crippen molar-refractivity contribution in [3.05, 3.63) is 12.7 Å². The first-order chi connectivity index (χ1) is 5.69. The molecule has 0 saturated carbocycles. The van der Waals surface area contributed by atoms with Gasteiger partial charge in [-0.15, -0.1) is 6.58 Å². The molecular formula is C11H23OP. The van der Waals surface area contributed by atoms with Crippen molar-refractivity contribution in [2.24, 2.45) is 0 Å². The van der Waals surface area contributed by atoms with Crippen LogP contribution >= 0.6 is 8.15 Å². The van der Waals surface area contributed by atoms with Crippen LogP contribution in [-0.2, 0) is 4.52 Å². The molecule has 0 radical (unpaired) electrons. The van der Waals surface area contributed by atoms with E-state index in [4.69, 9.17) is 4.52 Å². The molecule has 0 bridgehead atoms. The van der Waals surface area contributed by atoms with Crippen molar-refractivity contribution >= 4 is 8.15 Å². The molecule has 0 unspecified atom stereocenters. The lowest BCUT2D eigenvalue weighted by atomic mass is 10.2. The second-order valence-corrected chi connectivity index (χ2v) is 8.75. The second kappa shape index (κ2) is 4.57. The van der Waals surface area contributed by atoms with Gasteiger partial charge in [0.25, 0.3) is 0 Å². The van der Waals surface area contributed by atoms with Gasteiger partial charge in [0.2, 0.25) is 0 Å². The highest BCUT2D eigenvalue weighted by atomic mass is 31.1. The number of hydrogen-bond donors (Lipinski definition) is 0. The normalized spacial score (nSPS) is 13.5. The summed E-state index contributed by atoms with van der Waals surface area (Å²) in [6.45, 7) is 17.8. The molecule has 0 saturated heterocycles. The van der Waals surface area contributed by atoms with Crippen molar-refractivity contribution in [3.63, 3.8) is 0 Å². The Kier molecular flexibility index (Phi) is 4.62. The van der Waals surface area contributed by atoms with Gasteiger partial charge in [0.05, 0.1) is 6.61 Å². The van der Waals surface area contributed by atoms with Gasteiger partial charge in [-0.3, -0.25) is 0 Å². The molecule has 0 amide bonds. The van der Waals surface area contributed by atoms with Crippen LogP contribution in [0, 0.1) is 0 Å². The molecular weight excluding hydrogens is 179 g/mol. The van der Waals surface area contributed by atoms with Gasteiger partial charge >= 0.3 is 0 Å². The van der Waals surface area contributed by atoms with E-state index in [0.717, 1.165) is 0 Å². The molecule has 0 fully saturated rings. The summed E-state index contributed by atoms with van der Waals surface area (Å²) in [7, 11) is -0.420. The molecule has 0 atom stereocenters. The van der Waals surface area contributed by atoms with E-state index in [9.17, 15) is 0 Å². The predicted octanol–water partition coefficient (Wildman–Crippen LogP) is 4.18. The Balaban J connectivity index is 4.47. The van der Waals surface area contributed by atoms with Crippen LogP contribution in [-0.4, -0.2) is 16.9 Å². The lowest BCUT2D eigenvalue weighted by Crippen LogP contribution is -2.26. The maximum Gasteiger partial charge on any atom is 0.0688 e. The zero-order valence-corrected chi connectivity index (χ0v) is 10.7. The van der Waals surface area contributed by atoms with E-state index >= 15 is 0 Å². The van der Waals surface area contributed by atoms with Gasteiger partial charge in [0, 0.05) is 18.5 Å². The fourth-order valence-corrected chi connectivity index (χ4v) is 4.56. The van der Waals surface area contributed by atoms with E-state index in [1.807, 2.05) is 6.08 Å². The average molecular weight is 202 g/mol. The minimum atomic E-state index is -0.420. The van der Waals surface area contributed by atoms with Crippen LogP contribution in [0.15, 0.2) is 12.7 Å². The zero-order chi connectivity index (χ0) is 10.7. The van der Waals surface area contributed by atoms with Gasteiger partial charge in [-0.25, -0.2) is 0 Å². The van der Waals surface area contributed by atoms with Crippen LogP contribution in [0.1, 0.15) is 41.5 Å². The first kappa shape index (κ1) is 13.1. The maximum absolute atomic E-state index is 5.87. The summed E-state index contributed by atoms with van der Waals surface area (Å²) < 4.78 is 5.87. The van der Waals surface area contributed by atoms with Gasteiger partial charge in [-0.1, -0.05) is 47.6 Å². The summed E-state index contributed by atoms with van der Waals surface area (Å²) in [5, 5.41) is 0.493. The van der Waals surface area contributed by atoms with E-state index in [2.05, 4.69) is 48.1 Å². The van der Waals surface area contributed by atoms with Crippen molar-refractivity contribution in [1.29, 1.82) is 0 Å². The third-order valence-corrected chi connectivity index (χ3v) is 4.38. The molecule has 0 aromatic carbocycles. The minimum Gasteiger partial charge on any atom is -0.354 e. The lowest BCUT2D eigenvalue weighted by molar-refractivity contribution is 0.372. The molecule has 0 aromatic rings. The molecule has 2 heteroatoms. The van der Waals surface area contributed by atoms with Crippen LogP contribution in [0.25, 0.3) is 0 Å². The van der Waals surface area contributed by atoms with E-state index in [1.165, 1.54) is 0 Å². The highest BCUT2D eigenvalue weighted by Crippen LogP contribution is 2.59. The third-order valence-electron chi connectivity index (χ3n) is 1.54. The van der Waals surface area contributed by atoms with Gasteiger partial charge in [0.1, 0.15) is 0 Å². The van der Waals surface area contributed by atoms with E-state index < -0.39 is 8.15 Å². The quantitative estimate of drug-likeness (QED) is 0.492. The summed E-state index contributed by atoms with van der Waals surface area (Å²) in [6, 6.07) is 0. The average Bonchev–Trinajstić information content (AvgIpc) is 1.81. The molecule has 13 heavy (non-hydrogen) atoms. The summed E-state index contributed by atoms with van der Waals surface area (Å²) in [5.41, 5.74) is 0. The summed E-state index contributed by atoms with van der Waals surface area (Å²) >= 11 is 0. The Bertz CT molecular complexity index is 148. The largest absolute Gasteiger partial charge is 0.354 e. The number of hydrogen-bond acceptors (Lipinski definition) is 1. The molecule has 1 nitrogen and oxygen atoms in total. The van der Waals surface area contributed by atoms with Crippen molar-refractivity contribution in [2.45, 2.75) is 51.9 Å². The van der Waals surface area contributed by atoms with Crippen molar-refractivity contribution in [1.82, 2.24) is 0 Å². The smallest absolute Gasteiger partial charge is 0.0688 e. The van der Waals surface area contributed by atoms with E-state index in [0.29, 0.717) is 6.61 Å². The summed E-state index contributed by atoms with van der Waals surface area (Å²) in [5.74, 6) is 0. The summed E-state index contributed by atoms with van der Waals surface area (Å²) in [6.07, 6.45) is 1.83. The topological polar surface area (TPSA) is 9.23 Å². The monoisotopic (exact) mass is 202 g/mol. The van der Waals surface area contributed by atoms with Gasteiger partial charge in [-0.2, -0.15) is 0 Å². The molecule has 0 aromatic heterocycles. The first-order valence-electron chi connectivity index (χ1n) is 4.73. The first-order valence-corrected chi connectivity index (χ1v) is 5.99. The molecule has 0 N–H and O–H groups in total. The highest BCUT2D eigenvalue weighted by Gasteiger charge is 2.35. The molecule has 0 aliphatic carbocycles. The maximum atomic E-state index is 5.87. The Morgan fingerprint density at radius 3 is 1.69 bits per heavy atom. The standard InChI is InChI=1S/C11H23OP/c1-8-9-12-13(10(2,3)4)11(5,6)7/h8H,1,9H2,2-7H3. The molecule has 78 valence electrons. The Hall–Kier alpha value is 0.130. The SMILES string of the molecule is C=CCOP(C(C)(C)C)C(C)(C)C. The molecule has 0 heterocycles. The Morgan fingerprint density at radius 1 is 1.08 bits per heavy atom.